The predicted octanol–water partition coefficient (Wildman–Crippen LogP) is 2.07. The first kappa shape index (κ1) is 15.9. The summed E-state index contributed by atoms with van der Waals surface area (Å²) < 4.78 is 38.0. The van der Waals surface area contributed by atoms with Crippen LogP contribution in [0.5, 0.6) is 0 Å². The third-order valence-electron chi connectivity index (χ3n) is 3.03. The van der Waals surface area contributed by atoms with Gasteiger partial charge in [0.1, 0.15) is 11.3 Å². The Morgan fingerprint density at radius 3 is 2.55 bits per heavy atom. The van der Waals surface area contributed by atoms with E-state index in [2.05, 4.69) is 5.10 Å². The van der Waals surface area contributed by atoms with Crippen molar-refractivity contribution in [1.82, 2.24) is 5.01 Å². The smallest absolute Gasteiger partial charge is 0.369 e. The van der Waals surface area contributed by atoms with Crippen molar-refractivity contribution in [2.45, 2.75) is 25.2 Å². The number of hydrogen-bond acceptors (Lipinski definition) is 5. The molecule has 0 aliphatic carbocycles. The monoisotopic (exact) mass is 317 g/mol. The highest BCUT2D eigenvalue weighted by molar-refractivity contribution is 6.01. The number of carbonyl (C=O) groups is 1. The fourth-order valence-corrected chi connectivity index (χ4v) is 2.00. The number of hydrogen-bond donors (Lipinski definition) is 1. The molecule has 0 unspecified atom stereocenters. The second-order valence-corrected chi connectivity index (χ2v) is 4.83. The van der Waals surface area contributed by atoms with Crippen LogP contribution in [-0.2, 0) is 0 Å². The topological polar surface area (TPSA) is 96.0 Å². The summed E-state index contributed by atoms with van der Waals surface area (Å²) >= 11 is 0. The molecule has 118 valence electrons. The Bertz CT molecular complexity index is 670. The van der Waals surface area contributed by atoms with Gasteiger partial charge in [0.15, 0.2) is 5.72 Å². The van der Waals surface area contributed by atoms with Crippen molar-refractivity contribution in [3.63, 3.8) is 0 Å². The largest absolute Gasteiger partial charge is 0.431 e. The van der Waals surface area contributed by atoms with Gasteiger partial charge in [-0.15, -0.1) is 0 Å². The van der Waals surface area contributed by atoms with Crippen molar-refractivity contribution < 1.29 is 28.0 Å². The fourth-order valence-electron chi connectivity index (χ4n) is 2.00. The number of rotatable bonds is 2. The minimum absolute atomic E-state index is 0.220. The van der Waals surface area contributed by atoms with E-state index in [1.165, 1.54) is 12.1 Å². The maximum Gasteiger partial charge on any atom is 0.431 e. The minimum Gasteiger partial charge on any atom is -0.369 e. The first-order chi connectivity index (χ1) is 10.0. The van der Waals surface area contributed by atoms with E-state index >= 15 is 0 Å². The number of benzene rings is 1. The van der Waals surface area contributed by atoms with E-state index in [1.54, 1.807) is 0 Å². The molecule has 0 aromatic heterocycles. The number of nitro groups is 1. The normalized spacial score (nSPS) is 21.7. The Labute approximate surface area is 121 Å². The van der Waals surface area contributed by atoms with Gasteiger partial charge in [-0.25, -0.2) is 0 Å². The zero-order valence-corrected chi connectivity index (χ0v) is 11.2. The lowest BCUT2D eigenvalue weighted by Crippen LogP contribution is -2.43. The summed E-state index contributed by atoms with van der Waals surface area (Å²) in [5.41, 5.74) is -4.59. The Morgan fingerprint density at radius 1 is 1.45 bits per heavy atom. The Balaban J connectivity index is 2.45. The van der Waals surface area contributed by atoms with Crippen LogP contribution in [0.15, 0.2) is 29.4 Å². The molecule has 1 atom stereocenters. The number of hydrazone groups is 1. The lowest BCUT2D eigenvalue weighted by molar-refractivity contribution is -0.385. The van der Waals surface area contributed by atoms with E-state index in [-0.39, 0.29) is 5.01 Å². The SMILES string of the molecule is C[C@@]1(O)CC(C(F)(F)F)=NN1C(=O)c1ccccc1[N+](=O)[O-]. The van der Waals surface area contributed by atoms with Crippen molar-refractivity contribution in [3.8, 4) is 0 Å². The zero-order chi connectivity index (χ0) is 16.7. The molecule has 0 radical (unpaired) electrons. The summed E-state index contributed by atoms with van der Waals surface area (Å²) in [5, 5.41) is 24.2. The standard InChI is InChI=1S/C12H10F3N3O4/c1-11(20)6-9(12(13,14)15)16-17(11)10(19)7-4-2-3-5-8(7)18(21)22/h2-5,20H,6H2,1H3/t11-/m1/s1. The molecule has 1 N–H and O–H groups in total. The molecule has 0 saturated carbocycles. The van der Waals surface area contributed by atoms with E-state index in [1.807, 2.05) is 0 Å². The second-order valence-electron chi connectivity index (χ2n) is 4.83. The van der Waals surface area contributed by atoms with Gasteiger partial charge in [-0.1, -0.05) is 12.1 Å². The molecule has 1 aromatic carbocycles. The van der Waals surface area contributed by atoms with E-state index < -0.39 is 46.1 Å². The number of amides is 1. The van der Waals surface area contributed by atoms with Crippen molar-refractivity contribution in [2.24, 2.45) is 5.10 Å². The van der Waals surface area contributed by atoms with Gasteiger partial charge in [-0.05, 0) is 13.0 Å². The van der Waals surface area contributed by atoms with E-state index in [0.717, 1.165) is 19.1 Å². The van der Waals surface area contributed by atoms with Gasteiger partial charge in [0.25, 0.3) is 11.6 Å². The molecule has 0 fully saturated rings. The molecule has 1 aliphatic rings. The van der Waals surface area contributed by atoms with Crippen LogP contribution >= 0.6 is 0 Å². The average molecular weight is 317 g/mol. The van der Waals surface area contributed by atoms with Crippen LogP contribution in [0, 0.1) is 10.1 Å². The first-order valence-electron chi connectivity index (χ1n) is 5.99. The number of halogens is 3. The van der Waals surface area contributed by atoms with Crippen molar-refractivity contribution in [1.29, 1.82) is 0 Å². The fraction of sp³-hybridized carbons (Fsp3) is 0.333. The molecule has 2 rings (SSSR count). The van der Waals surface area contributed by atoms with Crippen LogP contribution < -0.4 is 0 Å². The van der Waals surface area contributed by atoms with E-state index in [0.29, 0.717) is 0 Å². The average Bonchev–Trinajstić information content (AvgIpc) is 2.73. The zero-order valence-electron chi connectivity index (χ0n) is 11.2. The lowest BCUT2D eigenvalue weighted by atomic mass is 10.1. The molecule has 0 bridgehead atoms. The van der Waals surface area contributed by atoms with E-state index in [9.17, 15) is 33.2 Å². The van der Waals surface area contributed by atoms with Crippen LogP contribution in [0.2, 0.25) is 0 Å². The second kappa shape index (κ2) is 5.05. The quantitative estimate of drug-likeness (QED) is 0.667. The highest BCUT2D eigenvalue weighted by atomic mass is 19.4. The Morgan fingerprint density at radius 2 is 2.05 bits per heavy atom. The third kappa shape index (κ3) is 2.77. The summed E-state index contributed by atoms with van der Waals surface area (Å²) in [4.78, 5) is 22.3. The number of para-hydroxylation sites is 1. The van der Waals surface area contributed by atoms with Crippen LogP contribution in [0.4, 0.5) is 18.9 Å². The van der Waals surface area contributed by atoms with Crippen molar-refractivity contribution >= 4 is 17.3 Å². The molecule has 10 heteroatoms. The highest BCUT2D eigenvalue weighted by Gasteiger charge is 2.50. The van der Waals surface area contributed by atoms with E-state index in [4.69, 9.17) is 0 Å². The molecule has 1 amide bonds. The summed E-state index contributed by atoms with van der Waals surface area (Å²) in [6.45, 7) is 0.974. The molecule has 0 saturated heterocycles. The van der Waals surface area contributed by atoms with Crippen LogP contribution in [-0.4, -0.2) is 38.6 Å². The molecule has 22 heavy (non-hydrogen) atoms. The molecule has 1 aliphatic heterocycles. The maximum absolute atomic E-state index is 12.7. The highest BCUT2D eigenvalue weighted by Crippen LogP contribution is 2.34. The first-order valence-corrected chi connectivity index (χ1v) is 5.99. The summed E-state index contributed by atoms with van der Waals surface area (Å²) in [5.74, 6) is -1.18. The van der Waals surface area contributed by atoms with Gasteiger partial charge in [0.05, 0.1) is 4.92 Å². The number of carbonyl (C=O) groups excluding carboxylic acids is 1. The molecule has 0 spiro atoms. The summed E-state index contributed by atoms with van der Waals surface area (Å²) in [6, 6.07) is 4.74. The molecule has 1 heterocycles. The van der Waals surface area contributed by atoms with Crippen molar-refractivity contribution in [2.75, 3.05) is 0 Å². The maximum atomic E-state index is 12.7. The van der Waals surface area contributed by atoms with Gasteiger partial charge < -0.3 is 5.11 Å². The van der Waals surface area contributed by atoms with Gasteiger partial charge in [-0.3, -0.25) is 14.9 Å². The summed E-state index contributed by atoms with van der Waals surface area (Å²) in [6.07, 6.45) is -5.72. The molecular weight excluding hydrogens is 307 g/mol. The van der Waals surface area contributed by atoms with Crippen molar-refractivity contribution in [3.05, 3.63) is 39.9 Å². The molecular formula is C12H10F3N3O4. The Kier molecular flexibility index (Phi) is 3.65. The molecule has 7 nitrogen and oxygen atoms in total. The van der Waals surface area contributed by atoms with Crippen LogP contribution in [0.25, 0.3) is 0 Å². The number of nitrogens with zero attached hydrogens (tertiary/aromatic N) is 3. The van der Waals surface area contributed by atoms with Gasteiger partial charge >= 0.3 is 6.18 Å². The van der Waals surface area contributed by atoms with Gasteiger partial charge in [0, 0.05) is 12.5 Å². The Hall–Kier alpha value is -2.49. The van der Waals surface area contributed by atoms with Crippen LogP contribution in [0.1, 0.15) is 23.7 Å². The molecule has 1 aromatic rings. The number of aliphatic hydroxyl groups is 1. The van der Waals surface area contributed by atoms with Gasteiger partial charge in [0.2, 0.25) is 0 Å². The minimum atomic E-state index is -4.80. The third-order valence-corrected chi connectivity index (χ3v) is 3.03. The van der Waals surface area contributed by atoms with Gasteiger partial charge in [-0.2, -0.15) is 23.3 Å². The van der Waals surface area contributed by atoms with Crippen LogP contribution in [0.3, 0.4) is 0 Å². The predicted molar refractivity (Wildman–Crippen MR) is 68.0 cm³/mol. The number of nitro benzene ring substituents is 1. The summed E-state index contributed by atoms with van der Waals surface area (Å²) in [7, 11) is 0. The lowest BCUT2D eigenvalue weighted by Gasteiger charge is -2.26. The number of alkyl halides is 3.